The normalized spacial score (nSPS) is 10.8. The van der Waals surface area contributed by atoms with E-state index in [1.165, 1.54) is 21.3 Å². The van der Waals surface area contributed by atoms with Crippen molar-refractivity contribution in [3.05, 3.63) is 41.0 Å². The molecule has 0 saturated carbocycles. The summed E-state index contributed by atoms with van der Waals surface area (Å²) in [6.07, 6.45) is 1.89. The van der Waals surface area contributed by atoms with Crippen molar-refractivity contribution in [2.24, 2.45) is 0 Å². The Morgan fingerprint density at radius 2 is 2.24 bits per heavy atom. The van der Waals surface area contributed by atoms with Gasteiger partial charge in [-0.1, -0.05) is 11.6 Å². The maximum Gasteiger partial charge on any atom is 0.335 e. The summed E-state index contributed by atoms with van der Waals surface area (Å²) in [4.78, 5) is 19.9. The van der Waals surface area contributed by atoms with Crippen molar-refractivity contribution in [2.75, 3.05) is 11.9 Å². The maximum absolute atomic E-state index is 11.0. The lowest BCUT2D eigenvalue weighted by Crippen LogP contribution is -2.03. The van der Waals surface area contributed by atoms with Gasteiger partial charge in [-0.3, -0.25) is 3.97 Å². The number of carboxylic acid groups (broad SMARTS) is 1. The van der Waals surface area contributed by atoms with Crippen LogP contribution in [0.25, 0.3) is 11.0 Å². The molecule has 1 aromatic carbocycles. The molecule has 2 heterocycles. The Kier molecular flexibility index (Phi) is 5.54. The van der Waals surface area contributed by atoms with Gasteiger partial charge in [-0.25, -0.2) is 4.79 Å². The van der Waals surface area contributed by atoms with Gasteiger partial charge >= 0.3 is 5.97 Å². The molecule has 0 amide bonds. The van der Waals surface area contributed by atoms with Crippen molar-refractivity contribution in [1.82, 2.24) is 13.9 Å². The van der Waals surface area contributed by atoms with Gasteiger partial charge < -0.3 is 15.2 Å². The van der Waals surface area contributed by atoms with Crippen molar-refractivity contribution in [1.29, 1.82) is 0 Å². The second-order valence-electron chi connectivity index (χ2n) is 4.86. The van der Waals surface area contributed by atoms with Crippen LogP contribution >= 0.6 is 41.9 Å². The number of aromatic carboxylic acids is 1. The number of fused-ring (bicyclic) bond motifs is 1. The maximum atomic E-state index is 11.0. The highest BCUT2D eigenvalue weighted by Crippen LogP contribution is 2.32. The van der Waals surface area contributed by atoms with E-state index in [9.17, 15) is 4.79 Å². The van der Waals surface area contributed by atoms with Gasteiger partial charge in [0.25, 0.3) is 0 Å². The van der Waals surface area contributed by atoms with Gasteiger partial charge in [0.1, 0.15) is 0 Å². The zero-order chi connectivity index (χ0) is 18.0. The molecule has 2 aromatic heterocycles. The lowest BCUT2D eigenvalue weighted by Gasteiger charge is -2.10. The van der Waals surface area contributed by atoms with E-state index >= 15 is 0 Å². The Balaban J connectivity index is 2.02. The van der Waals surface area contributed by atoms with E-state index < -0.39 is 5.97 Å². The van der Waals surface area contributed by atoms with Gasteiger partial charge in [-0.15, -0.1) is 0 Å². The highest BCUT2D eigenvalue weighted by atomic mass is 127. The van der Waals surface area contributed by atoms with Crippen molar-refractivity contribution in [3.8, 4) is 5.88 Å². The summed E-state index contributed by atoms with van der Waals surface area (Å²) in [6.45, 7) is 2.36. The average molecular weight is 491 g/mol. The molecule has 3 aromatic rings. The molecule has 0 aliphatic heterocycles. The lowest BCUT2D eigenvalue weighted by atomic mass is 10.2. The van der Waals surface area contributed by atoms with Gasteiger partial charge in [0.15, 0.2) is 5.65 Å². The van der Waals surface area contributed by atoms with Crippen LogP contribution in [0.4, 0.5) is 11.6 Å². The van der Waals surface area contributed by atoms with Crippen LogP contribution in [0.1, 0.15) is 17.3 Å². The topological polar surface area (TPSA) is 89.3 Å². The molecule has 25 heavy (non-hydrogen) atoms. The van der Waals surface area contributed by atoms with E-state index in [1.54, 1.807) is 6.07 Å². The molecule has 0 atom stereocenters. The SMILES string of the molecule is CCOc1nc(Nc2ccc(C(=O)O)cc2Cl)nc2c1ccn2SI. The third-order valence-electron chi connectivity index (χ3n) is 3.29. The Morgan fingerprint density at radius 1 is 1.44 bits per heavy atom. The van der Waals surface area contributed by atoms with Crippen LogP contribution in [0.15, 0.2) is 30.5 Å². The first-order chi connectivity index (χ1) is 12.0. The third kappa shape index (κ3) is 3.77. The number of benzene rings is 1. The first kappa shape index (κ1) is 18.1. The fourth-order valence-electron chi connectivity index (χ4n) is 2.19. The molecule has 0 bridgehead atoms. The molecule has 0 radical (unpaired) electrons. The highest BCUT2D eigenvalue weighted by molar-refractivity contribution is 14.2. The number of halogens is 2. The molecule has 0 unspecified atom stereocenters. The predicted octanol–water partition coefficient (Wildman–Crippen LogP) is 4.77. The molecule has 0 aliphatic rings. The number of hydrogen-bond donors (Lipinski definition) is 2. The zero-order valence-corrected chi connectivity index (χ0v) is 16.6. The van der Waals surface area contributed by atoms with E-state index in [0.717, 1.165) is 5.39 Å². The van der Waals surface area contributed by atoms with Gasteiger partial charge in [0, 0.05) is 36.5 Å². The third-order valence-corrected chi connectivity index (χ3v) is 5.32. The van der Waals surface area contributed by atoms with Crippen LogP contribution in [0.5, 0.6) is 5.88 Å². The Hall–Kier alpha value is -1.72. The Labute approximate surface area is 164 Å². The summed E-state index contributed by atoms with van der Waals surface area (Å²) < 4.78 is 7.50. The van der Waals surface area contributed by atoms with E-state index in [-0.39, 0.29) is 10.6 Å². The number of carboxylic acids is 1. The summed E-state index contributed by atoms with van der Waals surface area (Å²) >= 11 is 8.32. The predicted molar refractivity (Wildman–Crippen MR) is 107 cm³/mol. The van der Waals surface area contributed by atoms with Crippen LogP contribution in [0.3, 0.4) is 0 Å². The Bertz CT molecular complexity index is 950. The smallest absolute Gasteiger partial charge is 0.335 e. The first-order valence-electron chi connectivity index (χ1n) is 7.14. The number of nitrogens with one attached hydrogen (secondary N) is 1. The van der Waals surface area contributed by atoms with Crippen LogP contribution in [-0.2, 0) is 0 Å². The fraction of sp³-hybridized carbons (Fsp3) is 0.133. The highest BCUT2D eigenvalue weighted by Gasteiger charge is 2.14. The molecule has 0 aliphatic carbocycles. The van der Waals surface area contributed by atoms with E-state index in [2.05, 4.69) is 36.5 Å². The number of hydrogen-bond acceptors (Lipinski definition) is 6. The van der Waals surface area contributed by atoms with Crippen molar-refractivity contribution >= 4 is 70.6 Å². The molecule has 0 fully saturated rings. The lowest BCUT2D eigenvalue weighted by molar-refractivity contribution is 0.0697. The minimum Gasteiger partial charge on any atom is -0.478 e. The molecule has 3 rings (SSSR count). The molecule has 10 heteroatoms. The number of rotatable bonds is 6. The van der Waals surface area contributed by atoms with Crippen molar-refractivity contribution in [3.63, 3.8) is 0 Å². The zero-order valence-electron chi connectivity index (χ0n) is 12.9. The molecule has 130 valence electrons. The van der Waals surface area contributed by atoms with Gasteiger partial charge in [-0.05, 0) is 31.2 Å². The van der Waals surface area contributed by atoms with Crippen LogP contribution in [0, 0.1) is 0 Å². The molecule has 7 nitrogen and oxygen atoms in total. The minimum atomic E-state index is -1.04. The number of ether oxygens (including phenoxy) is 1. The number of aromatic nitrogens is 3. The molecule has 0 spiro atoms. The summed E-state index contributed by atoms with van der Waals surface area (Å²) in [5.41, 5.74) is 1.32. The second-order valence-corrected chi connectivity index (χ2v) is 6.98. The van der Waals surface area contributed by atoms with Crippen LogP contribution in [0.2, 0.25) is 5.02 Å². The fourth-order valence-corrected chi connectivity index (χ4v) is 3.69. The van der Waals surface area contributed by atoms with Gasteiger partial charge in [0.2, 0.25) is 11.8 Å². The minimum absolute atomic E-state index is 0.108. The van der Waals surface area contributed by atoms with Crippen LogP contribution < -0.4 is 10.1 Å². The van der Waals surface area contributed by atoms with Gasteiger partial charge in [0.05, 0.1) is 28.3 Å². The number of nitrogens with zero attached hydrogens (tertiary/aromatic N) is 3. The van der Waals surface area contributed by atoms with Crippen LogP contribution in [-0.4, -0.2) is 31.6 Å². The van der Waals surface area contributed by atoms with E-state index in [4.69, 9.17) is 21.4 Å². The summed E-state index contributed by atoms with van der Waals surface area (Å²) in [5.74, 6) is -0.259. The molecular weight excluding hydrogens is 479 g/mol. The van der Waals surface area contributed by atoms with Crippen molar-refractivity contribution in [2.45, 2.75) is 6.92 Å². The van der Waals surface area contributed by atoms with E-state index in [0.29, 0.717) is 29.8 Å². The number of anilines is 2. The van der Waals surface area contributed by atoms with E-state index in [1.807, 2.05) is 23.2 Å². The summed E-state index contributed by atoms with van der Waals surface area (Å²) in [5, 5.41) is 13.1. The summed E-state index contributed by atoms with van der Waals surface area (Å²) in [6, 6.07) is 6.30. The monoisotopic (exact) mass is 490 g/mol. The average Bonchev–Trinajstić information content (AvgIpc) is 3.00. The second kappa shape index (κ2) is 7.67. The van der Waals surface area contributed by atoms with Crippen molar-refractivity contribution < 1.29 is 14.6 Å². The molecule has 0 saturated heterocycles. The standard InChI is InChI=1S/C15H12ClIN4O3S/c1-2-24-13-9-5-6-21(25-17)12(9)19-15(20-13)18-11-4-3-8(14(22)23)7-10(11)16/h3-7H,2H2,1H3,(H,22,23)(H,18,19,20). The molecule has 2 N–H and O–H groups in total. The molecular formula is C15H12ClIN4O3S. The quantitative estimate of drug-likeness (QED) is 0.481. The Morgan fingerprint density at radius 3 is 2.88 bits per heavy atom. The first-order valence-corrected chi connectivity index (χ1v) is 10.8. The van der Waals surface area contributed by atoms with Gasteiger partial charge in [-0.2, -0.15) is 9.97 Å². The summed E-state index contributed by atoms with van der Waals surface area (Å²) in [7, 11) is 1.48. The largest absolute Gasteiger partial charge is 0.478 e. The number of carbonyl (C=O) groups is 1.